The molecule has 0 saturated carbocycles. The van der Waals surface area contributed by atoms with Crippen LogP contribution in [0.1, 0.15) is 12.0 Å². The molecule has 1 aliphatic heterocycles. The van der Waals surface area contributed by atoms with Crippen LogP contribution in [0.4, 0.5) is 5.82 Å². The number of aromatic nitrogens is 2. The van der Waals surface area contributed by atoms with Crippen LogP contribution in [0.2, 0.25) is 0 Å². The fraction of sp³-hybridized carbons (Fsp3) is 0.300. The number of nitrogens with zero attached hydrogens (tertiary/aromatic N) is 2. The fourth-order valence-electron chi connectivity index (χ4n) is 3.06. The van der Waals surface area contributed by atoms with Crippen molar-refractivity contribution in [3.05, 3.63) is 60.3 Å². The number of hydrogen-bond acceptors (Lipinski definition) is 6. The molecule has 3 aromatic rings. The van der Waals surface area contributed by atoms with Gasteiger partial charge in [0.25, 0.3) is 0 Å². The summed E-state index contributed by atoms with van der Waals surface area (Å²) in [6, 6.07) is 15.3. The van der Waals surface area contributed by atoms with E-state index < -0.39 is 0 Å². The fourth-order valence-corrected chi connectivity index (χ4v) is 3.06. The zero-order valence-electron chi connectivity index (χ0n) is 14.3. The lowest BCUT2D eigenvalue weighted by Gasteiger charge is -2.32. The quantitative estimate of drug-likeness (QED) is 0.736. The summed E-state index contributed by atoms with van der Waals surface area (Å²) in [7, 11) is 0. The van der Waals surface area contributed by atoms with E-state index in [0.29, 0.717) is 19.0 Å². The molecule has 0 spiro atoms. The van der Waals surface area contributed by atoms with Crippen molar-refractivity contribution in [2.45, 2.75) is 25.2 Å². The summed E-state index contributed by atoms with van der Waals surface area (Å²) in [5.74, 6) is 1.49. The van der Waals surface area contributed by atoms with E-state index in [9.17, 15) is 0 Å². The summed E-state index contributed by atoms with van der Waals surface area (Å²) in [4.78, 5) is 9.07. The first-order valence-electron chi connectivity index (χ1n) is 8.74. The first kappa shape index (κ1) is 16.8. The number of rotatable bonds is 5. The van der Waals surface area contributed by atoms with Gasteiger partial charge in [-0.25, -0.2) is 4.98 Å². The first-order valence-corrected chi connectivity index (χ1v) is 8.74. The van der Waals surface area contributed by atoms with Crippen LogP contribution in [0.25, 0.3) is 11.0 Å². The smallest absolute Gasteiger partial charge is 0.145 e. The zero-order chi connectivity index (χ0) is 17.8. The van der Waals surface area contributed by atoms with Gasteiger partial charge in [-0.3, -0.25) is 4.98 Å². The molecule has 6 heteroatoms. The molecule has 26 heavy (non-hydrogen) atoms. The van der Waals surface area contributed by atoms with Gasteiger partial charge < -0.3 is 19.9 Å². The van der Waals surface area contributed by atoms with Crippen LogP contribution in [0.3, 0.4) is 0 Å². The third-order valence-corrected chi connectivity index (χ3v) is 4.47. The highest BCUT2D eigenvalue weighted by atomic mass is 16.5. The highest BCUT2D eigenvalue weighted by molar-refractivity contribution is 5.75. The van der Waals surface area contributed by atoms with Crippen LogP contribution < -0.4 is 10.1 Å². The van der Waals surface area contributed by atoms with Gasteiger partial charge in [0.2, 0.25) is 0 Å². The van der Waals surface area contributed by atoms with Crippen molar-refractivity contribution < 1.29 is 14.6 Å². The lowest BCUT2D eigenvalue weighted by Crippen LogP contribution is -2.45. The van der Waals surface area contributed by atoms with Gasteiger partial charge in [0.05, 0.1) is 43.1 Å². The molecule has 6 nitrogen and oxygen atoms in total. The lowest BCUT2D eigenvalue weighted by molar-refractivity contribution is 0.0146. The number of para-hydroxylation sites is 2. The van der Waals surface area contributed by atoms with Gasteiger partial charge in [-0.15, -0.1) is 0 Å². The lowest BCUT2D eigenvalue weighted by atomic mass is 10.1. The highest BCUT2D eigenvalue weighted by Crippen LogP contribution is 2.21. The minimum absolute atomic E-state index is 0.0169. The molecule has 2 N–H and O–H groups in total. The average Bonchev–Trinajstić information content (AvgIpc) is 2.70. The van der Waals surface area contributed by atoms with Gasteiger partial charge >= 0.3 is 0 Å². The SMILES string of the molecule is OCc1ccc(O[C@@H]2CCOC[C@H]2Nc2cnc3ccccc3n2)cc1. The molecule has 1 fully saturated rings. The molecule has 2 heterocycles. The summed E-state index contributed by atoms with van der Waals surface area (Å²) in [6.45, 7) is 1.25. The van der Waals surface area contributed by atoms with Crippen molar-refractivity contribution in [3.8, 4) is 5.75 Å². The highest BCUT2D eigenvalue weighted by Gasteiger charge is 2.28. The Balaban J connectivity index is 1.48. The first-order chi connectivity index (χ1) is 12.8. The minimum Gasteiger partial charge on any atom is -0.488 e. The molecule has 0 unspecified atom stereocenters. The molecule has 0 bridgehead atoms. The molecule has 134 valence electrons. The normalized spacial score (nSPS) is 20.0. The van der Waals surface area contributed by atoms with Gasteiger partial charge in [-0.05, 0) is 29.8 Å². The van der Waals surface area contributed by atoms with Crippen molar-refractivity contribution >= 4 is 16.9 Å². The Morgan fingerprint density at radius 3 is 2.73 bits per heavy atom. The Bertz CT molecular complexity index is 870. The van der Waals surface area contributed by atoms with E-state index in [1.807, 2.05) is 48.5 Å². The standard InChI is InChI=1S/C20H21N3O3/c24-12-14-5-7-15(8-6-14)26-19-9-10-25-13-18(19)23-20-11-21-16-3-1-2-4-17(16)22-20/h1-8,11,18-19,24H,9-10,12-13H2,(H,22,23)/t18-,19-/m1/s1. The Morgan fingerprint density at radius 2 is 1.92 bits per heavy atom. The second-order valence-corrected chi connectivity index (χ2v) is 6.32. The molecule has 0 aliphatic carbocycles. The van der Waals surface area contributed by atoms with E-state index in [1.54, 1.807) is 6.20 Å². The molecule has 1 aromatic heterocycles. The topological polar surface area (TPSA) is 76.5 Å². The van der Waals surface area contributed by atoms with Gasteiger partial charge in [0, 0.05) is 6.42 Å². The maximum atomic E-state index is 9.15. The van der Waals surface area contributed by atoms with Crippen LogP contribution in [-0.2, 0) is 11.3 Å². The molecule has 1 aliphatic rings. The molecule has 4 rings (SSSR count). The largest absolute Gasteiger partial charge is 0.488 e. The Hall–Kier alpha value is -2.70. The van der Waals surface area contributed by atoms with Crippen molar-refractivity contribution in [3.63, 3.8) is 0 Å². The summed E-state index contributed by atoms with van der Waals surface area (Å²) in [5, 5.41) is 12.6. The van der Waals surface area contributed by atoms with Crippen LogP contribution in [-0.4, -0.2) is 40.4 Å². The van der Waals surface area contributed by atoms with E-state index >= 15 is 0 Å². The molecule has 2 aromatic carbocycles. The Morgan fingerprint density at radius 1 is 1.12 bits per heavy atom. The third-order valence-electron chi connectivity index (χ3n) is 4.47. The van der Waals surface area contributed by atoms with E-state index in [4.69, 9.17) is 14.6 Å². The monoisotopic (exact) mass is 351 g/mol. The number of ether oxygens (including phenoxy) is 2. The van der Waals surface area contributed by atoms with Gasteiger partial charge in [-0.1, -0.05) is 24.3 Å². The number of fused-ring (bicyclic) bond motifs is 1. The predicted octanol–water partition coefficient (Wildman–Crippen LogP) is 2.77. The Labute approximate surface area is 151 Å². The Kier molecular flexibility index (Phi) is 4.95. The maximum absolute atomic E-state index is 9.15. The number of aliphatic hydroxyl groups excluding tert-OH is 1. The third kappa shape index (κ3) is 3.76. The van der Waals surface area contributed by atoms with Crippen molar-refractivity contribution in [2.75, 3.05) is 18.5 Å². The number of hydrogen-bond donors (Lipinski definition) is 2. The van der Waals surface area contributed by atoms with Crippen molar-refractivity contribution in [1.29, 1.82) is 0 Å². The predicted molar refractivity (Wildman–Crippen MR) is 99.2 cm³/mol. The van der Waals surface area contributed by atoms with E-state index in [2.05, 4.69) is 15.3 Å². The number of nitrogens with one attached hydrogen (secondary N) is 1. The summed E-state index contributed by atoms with van der Waals surface area (Å²) in [5.41, 5.74) is 2.59. The second-order valence-electron chi connectivity index (χ2n) is 6.32. The molecule has 2 atom stereocenters. The van der Waals surface area contributed by atoms with Crippen LogP contribution in [0.5, 0.6) is 5.75 Å². The van der Waals surface area contributed by atoms with Gasteiger partial charge in [-0.2, -0.15) is 0 Å². The van der Waals surface area contributed by atoms with Crippen LogP contribution in [0, 0.1) is 0 Å². The molecule has 0 amide bonds. The van der Waals surface area contributed by atoms with Crippen molar-refractivity contribution in [1.82, 2.24) is 9.97 Å². The van der Waals surface area contributed by atoms with E-state index in [0.717, 1.165) is 28.8 Å². The zero-order valence-corrected chi connectivity index (χ0v) is 14.3. The number of aliphatic hydroxyl groups is 1. The van der Waals surface area contributed by atoms with Crippen LogP contribution >= 0.6 is 0 Å². The van der Waals surface area contributed by atoms with E-state index in [-0.39, 0.29) is 18.8 Å². The number of benzene rings is 2. The summed E-state index contributed by atoms with van der Waals surface area (Å²) >= 11 is 0. The molecule has 0 radical (unpaired) electrons. The minimum atomic E-state index is -0.0306. The van der Waals surface area contributed by atoms with Crippen LogP contribution in [0.15, 0.2) is 54.7 Å². The van der Waals surface area contributed by atoms with Gasteiger partial charge in [0.15, 0.2) is 0 Å². The second kappa shape index (κ2) is 7.68. The molecule has 1 saturated heterocycles. The molecular weight excluding hydrogens is 330 g/mol. The summed E-state index contributed by atoms with van der Waals surface area (Å²) < 4.78 is 11.8. The molecular formula is C20H21N3O3. The maximum Gasteiger partial charge on any atom is 0.145 e. The number of anilines is 1. The average molecular weight is 351 g/mol. The van der Waals surface area contributed by atoms with Gasteiger partial charge in [0.1, 0.15) is 17.7 Å². The van der Waals surface area contributed by atoms with E-state index in [1.165, 1.54) is 0 Å². The summed E-state index contributed by atoms with van der Waals surface area (Å²) in [6.07, 6.45) is 2.50. The van der Waals surface area contributed by atoms with Crippen molar-refractivity contribution in [2.24, 2.45) is 0 Å².